The van der Waals surface area contributed by atoms with Crippen LogP contribution in [0.25, 0.3) is 0 Å². The van der Waals surface area contributed by atoms with Crippen molar-refractivity contribution in [1.82, 2.24) is 0 Å². The van der Waals surface area contributed by atoms with Gasteiger partial charge in [-0.05, 0) is 49.4 Å². The summed E-state index contributed by atoms with van der Waals surface area (Å²) in [5.74, 6) is 1.80. The van der Waals surface area contributed by atoms with Crippen molar-refractivity contribution < 1.29 is 4.43 Å². The van der Waals surface area contributed by atoms with Gasteiger partial charge in [-0.2, -0.15) is 0 Å². The monoisotopic (exact) mass is 264 g/mol. The van der Waals surface area contributed by atoms with Crippen LogP contribution in [-0.4, -0.2) is 8.32 Å². The SMILES string of the molecule is CC1(C)CCC[C@@]2(C)C=CC=C(O[Si](C)(C)C)[C@H]12. The molecule has 0 N–H and O–H groups in total. The first-order valence-corrected chi connectivity index (χ1v) is 10.6. The van der Waals surface area contributed by atoms with Crippen LogP contribution in [0.15, 0.2) is 24.0 Å². The maximum Gasteiger partial charge on any atom is 0.241 e. The molecule has 2 heteroatoms. The van der Waals surface area contributed by atoms with Gasteiger partial charge in [-0.1, -0.05) is 39.3 Å². The van der Waals surface area contributed by atoms with Gasteiger partial charge in [-0.15, -0.1) is 0 Å². The van der Waals surface area contributed by atoms with E-state index >= 15 is 0 Å². The van der Waals surface area contributed by atoms with Gasteiger partial charge in [-0.25, -0.2) is 0 Å². The van der Waals surface area contributed by atoms with Gasteiger partial charge in [0, 0.05) is 5.92 Å². The summed E-state index contributed by atoms with van der Waals surface area (Å²) >= 11 is 0. The van der Waals surface area contributed by atoms with Crippen molar-refractivity contribution in [3.8, 4) is 0 Å². The smallest absolute Gasteiger partial charge is 0.241 e. The summed E-state index contributed by atoms with van der Waals surface area (Å²) in [4.78, 5) is 0. The van der Waals surface area contributed by atoms with Crippen LogP contribution in [0, 0.1) is 16.7 Å². The molecule has 0 aliphatic heterocycles. The van der Waals surface area contributed by atoms with Crippen LogP contribution in [0.4, 0.5) is 0 Å². The number of rotatable bonds is 2. The highest BCUT2D eigenvalue weighted by molar-refractivity contribution is 6.70. The van der Waals surface area contributed by atoms with Crippen LogP contribution < -0.4 is 0 Å². The summed E-state index contributed by atoms with van der Waals surface area (Å²) < 4.78 is 6.40. The Kier molecular flexibility index (Phi) is 3.29. The second-order valence-electron chi connectivity index (χ2n) is 7.92. The number of fused-ring (bicyclic) bond motifs is 1. The lowest BCUT2D eigenvalue weighted by molar-refractivity contribution is 0.0328. The highest BCUT2D eigenvalue weighted by Gasteiger charge is 2.49. The molecule has 0 aromatic carbocycles. The van der Waals surface area contributed by atoms with Gasteiger partial charge in [0.1, 0.15) is 0 Å². The van der Waals surface area contributed by atoms with E-state index in [0.717, 1.165) is 0 Å². The molecule has 0 amide bonds. The fourth-order valence-corrected chi connectivity index (χ4v) is 4.79. The number of hydrogen-bond donors (Lipinski definition) is 0. The first-order chi connectivity index (χ1) is 8.14. The van der Waals surface area contributed by atoms with E-state index in [4.69, 9.17) is 4.43 Å². The Labute approximate surface area is 113 Å². The molecule has 2 aliphatic carbocycles. The van der Waals surface area contributed by atoms with Crippen molar-refractivity contribution in [2.75, 3.05) is 0 Å². The van der Waals surface area contributed by atoms with Gasteiger partial charge >= 0.3 is 0 Å². The highest BCUT2D eigenvalue weighted by Crippen LogP contribution is 2.56. The van der Waals surface area contributed by atoms with Crippen LogP contribution in [0.5, 0.6) is 0 Å². The van der Waals surface area contributed by atoms with Gasteiger partial charge in [0.05, 0.1) is 5.76 Å². The van der Waals surface area contributed by atoms with E-state index in [-0.39, 0.29) is 0 Å². The molecule has 1 fully saturated rings. The maximum absolute atomic E-state index is 6.40. The lowest BCUT2D eigenvalue weighted by atomic mass is 9.55. The number of hydrogen-bond acceptors (Lipinski definition) is 1. The first kappa shape index (κ1) is 13.9. The topological polar surface area (TPSA) is 9.23 Å². The molecule has 0 radical (unpaired) electrons. The molecule has 2 aliphatic rings. The third-order valence-electron chi connectivity index (χ3n) is 4.42. The van der Waals surface area contributed by atoms with Crippen molar-refractivity contribution in [2.45, 2.75) is 59.7 Å². The lowest BCUT2D eigenvalue weighted by Crippen LogP contribution is -2.45. The van der Waals surface area contributed by atoms with Crippen LogP contribution in [0.3, 0.4) is 0 Å². The zero-order valence-corrected chi connectivity index (χ0v) is 13.8. The Balaban J connectivity index is 2.35. The standard InChI is InChI=1S/C16H28OSi/c1-15(2)10-8-12-16(3)11-7-9-13(14(15)16)17-18(4,5)6/h7,9,11,14H,8,10,12H2,1-6H3/t14-,16-/m1/s1. The molecule has 0 bridgehead atoms. The minimum absolute atomic E-state index is 0.297. The van der Waals surface area contributed by atoms with Gasteiger partial charge in [0.2, 0.25) is 8.32 Å². The molecular weight excluding hydrogens is 236 g/mol. The van der Waals surface area contributed by atoms with E-state index in [1.807, 2.05) is 0 Å². The normalized spacial score (nSPS) is 34.8. The summed E-state index contributed by atoms with van der Waals surface area (Å²) in [7, 11) is -1.52. The summed E-state index contributed by atoms with van der Waals surface area (Å²) in [6.45, 7) is 14.1. The summed E-state index contributed by atoms with van der Waals surface area (Å²) in [6.07, 6.45) is 10.8. The average Bonchev–Trinajstić information content (AvgIpc) is 2.12. The Morgan fingerprint density at radius 3 is 2.44 bits per heavy atom. The molecule has 0 unspecified atom stereocenters. The Bertz CT molecular complexity index is 386. The summed E-state index contributed by atoms with van der Waals surface area (Å²) in [6, 6.07) is 0. The molecule has 0 saturated heterocycles. The second-order valence-corrected chi connectivity index (χ2v) is 12.4. The summed E-state index contributed by atoms with van der Waals surface area (Å²) in [5, 5.41) is 0. The van der Waals surface area contributed by atoms with E-state index in [1.165, 1.54) is 25.0 Å². The van der Waals surface area contributed by atoms with E-state index < -0.39 is 8.32 Å². The molecule has 102 valence electrons. The molecule has 1 saturated carbocycles. The molecule has 0 aromatic rings. The van der Waals surface area contributed by atoms with Gasteiger partial charge in [0.25, 0.3) is 0 Å². The Hall–Kier alpha value is -0.503. The van der Waals surface area contributed by atoms with Crippen molar-refractivity contribution in [3.63, 3.8) is 0 Å². The van der Waals surface area contributed by atoms with Crippen LogP contribution in [-0.2, 0) is 4.43 Å². The predicted octanol–water partition coefficient (Wildman–Crippen LogP) is 5.12. The Morgan fingerprint density at radius 2 is 1.83 bits per heavy atom. The minimum atomic E-state index is -1.52. The van der Waals surface area contributed by atoms with Crippen molar-refractivity contribution in [3.05, 3.63) is 24.0 Å². The van der Waals surface area contributed by atoms with Gasteiger partial charge in [-0.3, -0.25) is 0 Å². The number of allylic oxidation sites excluding steroid dienone is 4. The quantitative estimate of drug-likeness (QED) is 0.629. The molecule has 0 aromatic heterocycles. The highest BCUT2D eigenvalue weighted by atomic mass is 28.4. The minimum Gasteiger partial charge on any atom is -0.547 e. The Morgan fingerprint density at radius 1 is 1.17 bits per heavy atom. The van der Waals surface area contributed by atoms with Crippen molar-refractivity contribution >= 4 is 8.32 Å². The fourth-order valence-electron chi connectivity index (χ4n) is 3.90. The predicted molar refractivity (Wildman–Crippen MR) is 80.9 cm³/mol. The van der Waals surface area contributed by atoms with E-state index in [0.29, 0.717) is 16.7 Å². The first-order valence-electron chi connectivity index (χ1n) is 7.23. The van der Waals surface area contributed by atoms with E-state index in [9.17, 15) is 0 Å². The van der Waals surface area contributed by atoms with Crippen molar-refractivity contribution in [1.29, 1.82) is 0 Å². The van der Waals surface area contributed by atoms with E-state index in [2.05, 4.69) is 58.6 Å². The van der Waals surface area contributed by atoms with Gasteiger partial charge in [0.15, 0.2) is 0 Å². The molecule has 2 atom stereocenters. The largest absolute Gasteiger partial charge is 0.547 e. The molecule has 1 nitrogen and oxygen atoms in total. The third kappa shape index (κ3) is 2.58. The van der Waals surface area contributed by atoms with Gasteiger partial charge < -0.3 is 4.43 Å². The molecule has 18 heavy (non-hydrogen) atoms. The zero-order chi connectivity index (χ0) is 13.6. The van der Waals surface area contributed by atoms with Crippen LogP contribution in [0.2, 0.25) is 19.6 Å². The molecule has 0 spiro atoms. The van der Waals surface area contributed by atoms with Crippen molar-refractivity contribution in [2.24, 2.45) is 16.7 Å². The third-order valence-corrected chi connectivity index (χ3v) is 5.27. The molecule has 0 heterocycles. The van der Waals surface area contributed by atoms with Crippen LogP contribution in [0.1, 0.15) is 40.0 Å². The second kappa shape index (κ2) is 4.26. The maximum atomic E-state index is 6.40. The fraction of sp³-hybridized carbons (Fsp3) is 0.750. The molecular formula is C16H28OSi. The van der Waals surface area contributed by atoms with Crippen LogP contribution >= 0.6 is 0 Å². The zero-order valence-electron chi connectivity index (χ0n) is 12.8. The van der Waals surface area contributed by atoms with E-state index in [1.54, 1.807) is 0 Å². The average molecular weight is 264 g/mol. The molecule has 2 rings (SSSR count). The lowest BCUT2D eigenvalue weighted by Gasteiger charge is -2.52. The summed E-state index contributed by atoms with van der Waals surface area (Å²) in [5.41, 5.74) is 0.648.